The fourth-order valence-electron chi connectivity index (χ4n) is 2.47. The van der Waals surface area contributed by atoms with Gasteiger partial charge in [0.25, 0.3) is 0 Å². The molecule has 3 rings (SSSR count). The summed E-state index contributed by atoms with van der Waals surface area (Å²) < 4.78 is 4.89. The third kappa shape index (κ3) is 1.97. The second kappa shape index (κ2) is 4.85. The zero-order valence-corrected chi connectivity index (χ0v) is 11.4. The Balaban J connectivity index is 2.36. The Morgan fingerprint density at radius 3 is 2.55 bits per heavy atom. The van der Waals surface area contributed by atoms with Crippen molar-refractivity contribution in [1.82, 2.24) is 4.98 Å². The van der Waals surface area contributed by atoms with Crippen molar-refractivity contribution in [2.45, 2.75) is 6.92 Å². The SMILES string of the molecule is COC(=O)c1[nH]c2ccc(C)cc2c1-c1ccccc1. The fraction of sp³-hybridized carbons (Fsp3) is 0.118. The standard InChI is InChI=1S/C17H15NO2/c1-11-8-9-14-13(10-11)15(12-6-4-3-5-7-12)16(18-14)17(19)20-2/h3-10,18H,1-2H3. The van der Waals surface area contributed by atoms with Crippen LogP contribution in [0.15, 0.2) is 48.5 Å². The Morgan fingerprint density at radius 2 is 1.85 bits per heavy atom. The molecule has 0 bridgehead atoms. The van der Waals surface area contributed by atoms with Crippen LogP contribution in [0.2, 0.25) is 0 Å². The Morgan fingerprint density at radius 1 is 1.10 bits per heavy atom. The van der Waals surface area contributed by atoms with Crippen molar-refractivity contribution in [2.75, 3.05) is 7.11 Å². The summed E-state index contributed by atoms with van der Waals surface area (Å²) in [5.41, 5.74) is 4.50. The van der Waals surface area contributed by atoms with E-state index in [9.17, 15) is 4.79 Å². The van der Waals surface area contributed by atoms with Gasteiger partial charge in [0.2, 0.25) is 0 Å². The molecule has 0 aliphatic carbocycles. The monoisotopic (exact) mass is 265 g/mol. The van der Waals surface area contributed by atoms with Gasteiger partial charge in [-0.25, -0.2) is 4.79 Å². The van der Waals surface area contributed by atoms with E-state index >= 15 is 0 Å². The minimum atomic E-state index is -0.349. The summed E-state index contributed by atoms with van der Waals surface area (Å²) in [6.45, 7) is 2.04. The Bertz CT molecular complexity index is 772. The number of hydrogen-bond acceptors (Lipinski definition) is 2. The molecular formula is C17H15NO2. The summed E-state index contributed by atoms with van der Waals surface area (Å²) in [5.74, 6) is -0.349. The first-order chi connectivity index (χ1) is 9.70. The van der Waals surface area contributed by atoms with Crippen LogP contribution in [0.1, 0.15) is 16.1 Å². The molecule has 0 fully saturated rings. The van der Waals surface area contributed by atoms with E-state index in [2.05, 4.69) is 11.1 Å². The number of nitrogens with one attached hydrogen (secondary N) is 1. The van der Waals surface area contributed by atoms with Gasteiger partial charge >= 0.3 is 5.97 Å². The predicted molar refractivity (Wildman–Crippen MR) is 79.8 cm³/mol. The first-order valence-electron chi connectivity index (χ1n) is 6.47. The summed E-state index contributed by atoms with van der Waals surface area (Å²) in [4.78, 5) is 15.2. The second-order valence-corrected chi connectivity index (χ2v) is 4.78. The zero-order chi connectivity index (χ0) is 14.1. The quantitative estimate of drug-likeness (QED) is 0.713. The third-order valence-electron chi connectivity index (χ3n) is 3.41. The van der Waals surface area contributed by atoms with Crippen LogP contribution in [0.5, 0.6) is 0 Å². The van der Waals surface area contributed by atoms with Gasteiger partial charge in [0.05, 0.1) is 7.11 Å². The van der Waals surface area contributed by atoms with Crippen LogP contribution in [0.4, 0.5) is 0 Å². The minimum absolute atomic E-state index is 0.349. The van der Waals surface area contributed by atoms with E-state index in [4.69, 9.17) is 4.74 Å². The minimum Gasteiger partial charge on any atom is -0.464 e. The lowest BCUT2D eigenvalue weighted by atomic mass is 10.0. The molecule has 0 amide bonds. The summed E-state index contributed by atoms with van der Waals surface area (Å²) in [5, 5.41) is 1.04. The smallest absolute Gasteiger partial charge is 0.355 e. The molecule has 3 nitrogen and oxygen atoms in total. The van der Waals surface area contributed by atoms with Gasteiger partial charge < -0.3 is 9.72 Å². The van der Waals surface area contributed by atoms with Crippen molar-refractivity contribution in [2.24, 2.45) is 0 Å². The molecule has 0 aliphatic heterocycles. The average molecular weight is 265 g/mol. The number of methoxy groups -OCH3 is 1. The van der Waals surface area contributed by atoms with E-state index in [1.165, 1.54) is 7.11 Å². The predicted octanol–water partition coefficient (Wildman–Crippen LogP) is 3.93. The van der Waals surface area contributed by atoms with E-state index in [0.717, 1.165) is 27.6 Å². The molecule has 0 unspecified atom stereocenters. The molecule has 3 aromatic rings. The first kappa shape index (κ1) is 12.5. The number of benzene rings is 2. The number of H-pyrrole nitrogens is 1. The Hall–Kier alpha value is -2.55. The van der Waals surface area contributed by atoms with Gasteiger partial charge in [0.1, 0.15) is 5.69 Å². The molecule has 0 aliphatic rings. The molecule has 0 atom stereocenters. The van der Waals surface area contributed by atoms with E-state index in [-0.39, 0.29) is 5.97 Å². The third-order valence-corrected chi connectivity index (χ3v) is 3.41. The summed E-state index contributed by atoms with van der Waals surface area (Å²) in [7, 11) is 1.40. The molecule has 1 aromatic heterocycles. The lowest BCUT2D eigenvalue weighted by Gasteiger charge is -2.04. The number of carbonyl (C=O) groups is 1. The molecule has 0 spiro atoms. The van der Waals surface area contributed by atoms with Gasteiger partial charge in [-0.1, -0.05) is 42.0 Å². The topological polar surface area (TPSA) is 42.1 Å². The number of rotatable bonds is 2. The lowest BCUT2D eigenvalue weighted by molar-refractivity contribution is 0.0596. The van der Waals surface area contributed by atoms with E-state index < -0.39 is 0 Å². The van der Waals surface area contributed by atoms with Crippen LogP contribution in [0.3, 0.4) is 0 Å². The van der Waals surface area contributed by atoms with Crippen molar-refractivity contribution in [3.63, 3.8) is 0 Å². The maximum Gasteiger partial charge on any atom is 0.355 e. The molecule has 0 saturated carbocycles. The Labute approximate surface area is 117 Å². The second-order valence-electron chi connectivity index (χ2n) is 4.78. The molecule has 2 aromatic carbocycles. The van der Waals surface area contributed by atoms with Gasteiger partial charge in [-0.3, -0.25) is 0 Å². The van der Waals surface area contributed by atoms with Crippen molar-refractivity contribution < 1.29 is 9.53 Å². The number of fused-ring (bicyclic) bond motifs is 1. The molecule has 1 N–H and O–H groups in total. The number of aromatic nitrogens is 1. The molecule has 100 valence electrons. The van der Waals surface area contributed by atoms with Gasteiger partial charge in [0, 0.05) is 16.5 Å². The van der Waals surface area contributed by atoms with Crippen LogP contribution in [-0.2, 0) is 4.74 Å². The van der Waals surface area contributed by atoms with Gasteiger partial charge in [-0.05, 0) is 24.6 Å². The molecule has 0 radical (unpaired) electrons. The Kier molecular flexibility index (Phi) is 3.03. The molecule has 20 heavy (non-hydrogen) atoms. The molecule has 0 saturated heterocycles. The van der Waals surface area contributed by atoms with Crippen LogP contribution in [-0.4, -0.2) is 18.1 Å². The number of aromatic amines is 1. The number of aryl methyl sites for hydroxylation is 1. The van der Waals surface area contributed by atoms with Gasteiger partial charge in [-0.15, -0.1) is 0 Å². The summed E-state index contributed by atoms with van der Waals surface area (Å²) >= 11 is 0. The van der Waals surface area contributed by atoms with Crippen molar-refractivity contribution in [3.05, 3.63) is 59.8 Å². The highest BCUT2D eigenvalue weighted by Gasteiger charge is 2.19. The van der Waals surface area contributed by atoms with Crippen molar-refractivity contribution >= 4 is 16.9 Å². The maximum atomic E-state index is 12.0. The number of hydrogen-bond donors (Lipinski definition) is 1. The van der Waals surface area contributed by atoms with Crippen LogP contribution < -0.4 is 0 Å². The average Bonchev–Trinajstić information content (AvgIpc) is 2.85. The lowest BCUT2D eigenvalue weighted by Crippen LogP contribution is -2.03. The van der Waals surface area contributed by atoms with E-state index in [0.29, 0.717) is 5.69 Å². The highest BCUT2D eigenvalue weighted by Crippen LogP contribution is 2.33. The van der Waals surface area contributed by atoms with E-state index in [1.807, 2.05) is 49.4 Å². The first-order valence-corrected chi connectivity index (χ1v) is 6.47. The van der Waals surface area contributed by atoms with E-state index in [1.54, 1.807) is 0 Å². The summed E-state index contributed by atoms with van der Waals surface area (Å²) in [6, 6.07) is 16.0. The van der Waals surface area contributed by atoms with Gasteiger partial charge in [-0.2, -0.15) is 0 Å². The van der Waals surface area contributed by atoms with Crippen molar-refractivity contribution in [1.29, 1.82) is 0 Å². The normalized spacial score (nSPS) is 10.7. The number of ether oxygens (including phenoxy) is 1. The molecule has 3 heteroatoms. The van der Waals surface area contributed by atoms with Crippen LogP contribution in [0.25, 0.3) is 22.0 Å². The van der Waals surface area contributed by atoms with Crippen molar-refractivity contribution in [3.8, 4) is 11.1 Å². The highest BCUT2D eigenvalue weighted by atomic mass is 16.5. The maximum absolute atomic E-state index is 12.0. The fourth-order valence-corrected chi connectivity index (χ4v) is 2.47. The highest BCUT2D eigenvalue weighted by molar-refractivity contribution is 6.08. The van der Waals surface area contributed by atoms with Gasteiger partial charge in [0.15, 0.2) is 0 Å². The van der Waals surface area contributed by atoms with Crippen LogP contribution in [0, 0.1) is 6.92 Å². The number of carbonyl (C=O) groups excluding carboxylic acids is 1. The molecule has 1 heterocycles. The number of esters is 1. The van der Waals surface area contributed by atoms with Crippen LogP contribution >= 0.6 is 0 Å². The molecular weight excluding hydrogens is 250 g/mol. The zero-order valence-electron chi connectivity index (χ0n) is 11.4. The largest absolute Gasteiger partial charge is 0.464 e. The summed E-state index contributed by atoms with van der Waals surface area (Å²) in [6.07, 6.45) is 0.